The van der Waals surface area contributed by atoms with Gasteiger partial charge in [-0.25, -0.2) is 8.78 Å². The van der Waals surface area contributed by atoms with Crippen molar-refractivity contribution in [1.29, 1.82) is 0 Å². The Morgan fingerprint density at radius 2 is 1.70 bits per heavy atom. The molecule has 0 saturated carbocycles. The van der Waals surface area contributed by atoms with E-state index in [2.05, 4.69) is 5.32 Å². The van der Waals surface area contributed by atoms with E-state index < -0.39 is 17.7 Å². The maximum absolute atomic E-state index is 13.8. The molecule has 0 fully saturated rings. The molecule has 1 unspecified atom stereocenters. The van der Waals surface area contributed by atoms with Gasteiger partial charge in [-0.3, -0.25) is 4.79 Å². The van der Waals surface area contributed by atoms with Gasteiger partial charge in [-0.2, -0.15) is 0 Å². The molecule has 0 aliphatic carbocycles. The average molecular weight is 311 g/mol. The highest BCUT2D eigenvalue weighted by Crippen LogP contribution is 2.20. The summed E-state index contributed by atoms with van der Waals surface area (Å²) < 4.78 is 26.7. The van der Waals surface area contributed by atoms with E-state index in [-0.39, 0.29) is 11.5 Å². The monoisotopic (exact) mass is 311 g/mol. The number of fused-ring (bicyclic) bond motifs is 1. The van der Waals surface area contributed by atoms with Crippen LogP contribution in [0, 0.1) is 11.6 Å². The van der Waals surface area contributed by atoms with Crippen molar-refractivity contribution < 1.29 is 13.6 Å². The predicted molar refractivity (Wildman–Crippen MR) is 86.2 cm³/mol. The van der Waals surface area contributed by atoms with Gasteiger partial charge in [0.1, 0.15) is 11.6 Å². The predicted octanol–water partition coefficient (Wildman–Crippen LogP) is 4.61. The SMILES string of the molecule is CC(NC(=O)c1ccc2ccccc2c1)c1ccc(F)cc1F. The molecule has 0 aliphatic rings. The highest BCUT2D eigenvalue weighted by Gasteiger charge is 2.15. The fourth-order valence-corrected chi connectivity index (χ4v) is 2.54. The van der Waals surface area contributed by atoms with Crippen LogP contribution in [0.15, 0.2) is 60.7 Å². The van der Waals surface area contributed by atoms with Gasteiger partial charge < -0.3 is 5.32 Å². The third-order valence-corrected chi connectivity index (χ3v) is 3.79. The first kappa shape index (κ1) is 15.2. The maximum Gasteiger partial charge on any atom is 0.251 e. The summed E-state index contributed by atoms with van der Waals surface area (Å²) in [6.07, 6.45) is 0. The third-order valence-electron chi connectivity index (χ3n) is 3.79. The lowest BCUT2D eigenvalue weighted by Crippen LogP contribution is -2.27. The topological polar surface area (TPSA) is 29.1 Å². The van der Waals surface area contributed by atoms with Gasteiger partial charge in [0.25, 0.3) is 5.91 Å². The first-order chi connectivity index (χ1) is 11.0. The van der Waals surface area contributed by atoms with Gasteiger partial charge in [-0.1, -0.05) is 36.4 Å². The van der Waals surface area contributed by atoms with Crippen LogP contribution in [-0.2, 0) is 0 Å². The standard InChI is InChI=1S/C19H15F2NO/c1-12(17-9-8-16(20)11-18(17)21)22-19(23)15-7-6-13-4-2-3-5-14(13)10-15/h2-12H,1H3,(H,22,23). The van der Waals surface area contributed by atoms with E-state index in [1.54, 1.807) is 19.1 Å². The molecule has 3 rings (SSSR count). The molecule has 0 aliphatic heterocycles. The van der Waals surface area contributed by atoms with Gasteiger partial charge in [0.15, 0.2) is 0 Å². The number of halogens is 2. The highest BCUT2D eigenvalue weighted by atomic mass is 19.1. The molecule has 0 saturated heterocycles. The zero-order chi connectivity index (χ0) is 16.4. The Kier molecular flexibility index (Phi) is 4.06. The van der Waals surface area contributed by atoms with Crippen LogP contribution in [0.4, 0.5) is 8.78 Å². The minimum Gasteiger partial charge on any atom is -0.345 e. The van der Waals surface area contributed by atoms with Crippen LogP contribution in [0.1, 0.15) is 28.9 Å². The molecule has 0 radical (unpaired) electrons. The molecular formula is C19H15F2NO. The van der Waals surface area contributed by atoms with Crippen molar-refractivity contribution >= 4 is 16.7 Å². The molecule has 4 heteroatoms. The van der Waals surface area contributed by atoms with Gasteiger partial charge >= 0.3 is 0 Å². The lowest BCUT2D eigenvalue weighted by atomic mass is 10.0. The minimum atomic E-state index is -0.670. The van der Waals surface area contributed by atoms with Crippen LogP contribution < -0.4 is 5.32 Å². The van der Waals surface area contributed by atoms with Crippen LogP contribution in [0.5, 0.6) is 0 Å². The number of hydrogen-bond donors (Lipinski definition) is 1. The van der Waals surface area contributed by atoms with Crippen LogP contribution in [0.2, 0.25) is 0 Å². The molecule has 0 aromatic heterocycles. The maximum atomic E-state index is 13.8. The zero-order valence-corrected chi connectivity index (χ0v) is 12.5. The van der Waals surface area contributed by atoms with Gasteiger partial charge in [0.05, 0.1) is 6.04 Å². The van der Waals surface area contributed by atoms with E-state index in [0.717, 1.165) is 16.8 Å². The summed E-state index contributed by atoms with van der Waals surface area (Å²) >= 11 is 0. The Labute approximate surface area is 132 Å². The van der Waals surface area contributed by atoms with Gasteiger partial charge in [0.2, 0.25) is 0 Å². The summed E-state index contributed by atoms with van der Waals surface area (Å²) in [7, 11) is 0. The van der Waals surface area contributed by atoms with E-state index in [4.69, 9.17) is 0 Å². The minimum absolute atomic E-state index is 0.250. The average Bonchev–Trinajstić information content (AvgIpc) is 2.54. The Morgan fingerprint density at radius 1 is 0.957 bits per heavy atom. The fraction of sp³-hybridized carbons (Fsp3) is 0.105. The molecule has 1 N–H and O–H groups in total. The largest absolute Gasteiger partial charge is 0.345 e. The zero-order valence-electron chi connectivity index (χ0n) is 12.5. The number of amides is 1. The van der Waals surface area contributed by atoms with E-state index in [0.29, 0.717) is 5.56 Å². The van der Waals surface area contributed by atoms with Crippen LogP contribution in [-0.4, -0.2) is 5.91 Å². The van der Waals surface area contributed by atoms with Gasteiger partial charge in [-0.15, -0.1) is 0 Å². The first-order valence-corrected chi connectivity index (χ1v) is 7.29. The van der Waals surface area contributed by atoms with Crippen molar-refractivity contribution in [2.45, 2.75) is 13.0 Å². The number of carbonyl (C=O) groups is 1. The molecule has 116 valence electrons. The summed E-state index contributed by atoms with van der Waals surface area (Å²) in [6.45, 7) is 1.66. The third kappa shape index (κ3) is 3.21. The number of rotatable bonds is 3. The summed E-state index contributed by atoms with van der Waals surface area (Å²) in [5, 5.41) is 4.74. The Morgan fingerprint density at radius 3 is 2.43 bits per heavy atom. The first-order valence-electron chi connectivity index (χ1n) is 7.29. The molecule has 3 aromatic rings. The normalized spacial score (nSPS) is 12.1. The van der Waals surface area contributed by atoms with E-state index in [9.17, 15) is 13.6 Å². The summed E-state index contributed by atoms with van der Waals surface area (Å²) in [4.78, 5) is 12.3. The lowest BCUT2D eigenvalue weighted by Gasteiger charge is -2.15. The summed E-state index contributed by atoms with van der Waals surface area (Å²) in [5.74, 6) is -1.61. The summed E-state index contributed by atoms with van der Waals surface area (Å²) in [5.41, 5.74) is 0.749. The van der Waals surface area contributed by atoms with Gasteiger partial charge in [0, 0.05) is 17.2 Å². The molecule has 0 bridgehead atoms. The lowest BCUT2D eigenvalue weighted by molar-refractivity contribution is 0.0939. The molecule has 23 heavy (non-hydrogen) atoms. The quantitative estimate of drug-likeness (QED) is 0.752. The van der Waals surface area contributed by atoms with Crippen molar-refractivity contribution in [1.82, 2.24) is 5.32 Å². The van der Waals surface area contributed by atoms with Crippen LogP contribution in [0.3, 0.4) is 0 Å². The molecule has 3 aromatic carbocycles. The number of nitrogens with one attached hydrogen (secondary N) is 1. The van der Waals surface area contributed by atoms with Gasteiger partial charge in [-0.05, 0) is 35.9 Å². The summed E-state index contributed by atoms with van der Waals surface area (Å²) in [6, 6.07) is 15.9. The van der Waals surface area contributed by atoms with Crippen molar-refractivity contribution in [2.75, 3.05) is 0 Å². The second-order valence-corrected chi connectivity index (χ2v) is 5.42. The second-order valence-electron chi connectivity index (χ2n) is 5.42. The van der Waals surface area contributed by atoms with Crippen molar-refractivity contribution in [3.63, 3.8) is 0 Å². The molecule has 0 heterocycles. The Balaban J connectivity index is 1.82. The fourth-order valence-electron chi connectivity index (χ4n) is 2.54. The Hall–Kier alpha value is -2.75. The highest BCUT2D eigenvalue weighted by molar-refractivity contribution is 5.98. The van der Waals surface area contributed by atoms with Crippen LogP contribution in [0.25, 0.3) is 10.8 Å². The molecule has 0 spiro atoms. The molecular weight excluding hydrogens is 296 g/mol. The number of carbonyl (C=O) groups excluding carboxylic acids is 1. The van der Waals surface area contributed by atoms with Crippen molar-refractivity contribution in [3.05, 3.63) is 83.4 Å². The molecule has 1 atom stereocenters. The van der Waals surface area contributed by atoms with E-state index in [1.807, 2.05) is 30.3 Å². The van der Waals surface area contributed by atoms with E-state index >= 15 is 0 Å². The van der Waals surface area contributed by atoms with E-state index in [1.165, 1.54) is 12.1 Å². The number of benzene rings is 3. The number of hydrogen-bond acceptors (Lipinski definition) is 1. The smallest absolute Gasteiger partial charge is 0.251 e. The van der Waals surface area contributed by atoms with Crippen LogP contribution >= 0.6 is 0 Å². The Bertz CT molecular complexity index is 876. The molecule has 1 amide bonds. The van der Waals surface area contributed by atoms with Crippen molar-refractivity contribution in [3.8, 4) is 0 Å². The molecule has 2 nitrogen and oxygen atoms in total. The van der Waals surface area contributed by atoms with Crippen molar-refractivity contribution in [2.24, 2.45) is 0 Å². The second kappa shape index (κ2) is 6.16.